The van der Waals surface area contributed by atoms with Crippen molar-refractivity contribution in [3.63, 3.8) is 0 Å². The molecule has 0 saturated carbocycles. The number of nitrogens with one attached hydrogen (secondary N) is 1. The summed E-state index contributed by atoms with van der Waals surface area (Å²) in [5, 5.41) is 3.67. The molecule has 3 aromatic rings. The van der Waals surface area contributed by atoms with Crippen LogP contribution in [-0.2, 0) is 17.8 Å². The highest BCUT2D eigenvalue weighted by Gasteiger charge is 2.47. The number of carbonyl (C=O) groups is 2. The Morgan fingerprint density at radius 1 is 1.03 bits per heavy atom. The van der Waals surface area contributed by atoms with E-state index < -0.39 is 5.54 Å². The molecule has 1 atom stereocenters. The van der Waals surface area contributed by atoms with E-state index in [0.29, 0.717) is 29.2 Å². The third-order valence-electron chi connectivity index (χ3n) is 5.63. The van der Waals surface area contributed by atoms with Crippen molar-refractivity contribution in [3.05, 3.63) is 100 Å². The van der Waals surface area contributed by atoms with Gasteiger partial charge in [0.2, 0.25) is 5.91 Å². The summed E-state index contributed by atoms with van der Waals surface area (Å²) in [5.74, 6) is -0.356. The number of hydrogen-bond donors (Lipinski definition) is 1. The maximum Gasteiger partial charge on any atom is 0.259 e. The van der Waals surface area contributed by atoms with Gasteiger partial charge in [0.05, 0.1) is 0 Å². The summed E-state index contributed by atoms with van der Waals surface area (Å²) in [5.41, 5.74) is 3.23. The predicted octanol–water partition coefficient (Wildman–Crippen LogP) is 4.93. The van der Waals surface area contributed by atoms with Gasteiger partial charge in [-0.15, -0.1) is 0 Å². The summed E-state index contributed by atoms with van der Waals surface area (Å²) in [6.07, 6.45) is 0.440. The maximum atomic E-state index is 13.5. The largest absolute Gasteiger partial charge is 0.350 e. The summed E-state index contributed by atoms with van der Waals surface area (Å²) in [6.45, 7) is 4.19. The van der Waals surface area contributed by atoms with E-state index in [1.165, 1.54) is 0 Å². The van der Waals surface area contributed by atoms with Gasteiger partial charge in [-0.2, -0.15) is 0 Å². The molecule has 1 aliphatic heterocycles. The zero-order valence-corrected chi connectivity index (χ0v) is 17.7. The smallest absolute Gasteiger partial charge is 0.259 e. The van der Waals surface area contributed by atoms with Gasteiger partial charge in [-0.25, -0.2) is 0 Å². The van der Waals surface area contributed by atoms with Gasteiger partial charge in [-0.1, -0.05) is 59.6 Å². The molecule has 0 spiro atoms. The van der Waals surface area contributed by atoms with Crippen LogP contribution in [0, 0.1) is 6.92 Å². The zero-order chi connectivity index (χ0) is 21.3. The minimum atomic E-state index is -1.05. The van der Waals surface area contributed by atoms with Crippen molar-refractivity contribution >= 4 is 29.1 Å². The third-order valence-corrected chi connectivity index (χ3v) is 5.88. The van der Waals surface area contributed by atoms with Crippen LogP contribution in [0.1, 0.15) is 34.0 Å². The fourth-order valence-electron chi connectivity index (χ4n) is 3.93. The van der Waals surface area contributed by atoms with Crippen molar-refractivity contribution in [1.82, 2.24) is 5.32 Å². The Morgan fingerprint density at radius 2 is 1.70 bits per heavy atom. The molecule has 0 aromatic heterocycles. The molecular weight excluding hydrogens is 396 g/mol. The fraction of sp³-hybridized carbons (Fsp3) is 0.200. The fourth-order valence-corrected chi connectivity index (χ4v) is 4.06. The van der Waals surface area contributed by atoms with Crippen LogP contribution < -0.4 is 10.2 Å². The normalized spacial score (nSPS) is 18.1. The molecule has 2 amide bonds. The standard InChI is InChI=1S/C25H23ClN2O2/c1-17-7-13-21(14-8-17)28-23(29)22-6-4-3-5-19(22)15-25(28,2)24(30)27-16-18-9-11-20(26)12-10-18/h3-14H,15-16H2,1-2H3,(H,27,30). The molecule has 1 aliphatic rings. The first kappa shape index (κ1) is 20.2. The molecule has 30 heavy (non-hydrogen) atoms. The first-order chi connectivity index (χ1) is 14.4. The maximum absolute atomic E-state index is 13.5. The van der Waals surface area contributed by atoms with Gasteiger partial charge in [0.15, 0.2) is 0 Å². The first-order valence-corrected chi connectivity index (χ1v) is 10.3. The van der Waals surface area contributed by atoms with Crippen LogP contribution in [0.5, 0.6) is 0 Å². The van der Waals surface area contributed by atoms with Crippen LogP contribution in [0.15, 0.2) is 72.8 Å². The van der Waals surface area contributed by atoms with Gasteiger partial charge < -0.3 is 5.32 Å². The third kappa shape index (κ3) is 3.71. The number of aryl methyl sites for hydroxylation is 1. The number of nitrogens with zero attached hydrogens (tertiary/aromatic N) is 1. The van der Waals surface area contributed by atoms with Gasteiger partial charge in [-0.3, -0.25) is 14.5 Å². The highest BCUT2D eigenvalue weighted by atomic mass is 35.5. The van der Waals surface area contributed by atoms with Crippen LogP contribution >= 0.6 is 11.6 Å². The van der Waals surface area contributed by atoms with Crippen LogP contribution in [0.25, 0.3) is 0 Å². The highest BCUT2D eigenvalue weighted by molar-refractivity contribution is 6.30. The molecule has 1 unspecified atom stereocenters. The molecule has 4 nitrogen and oxygen atoms in total. The van der Waals surface area contributed by atoms with E-state index in [9.17, 15) is 9.59 Å². The van der Waals surface area contributed by atoms with E-state index in [4.69, 9.17) is 11.6 Å². The Morgan fingerprint density at radius 3 is 2.40 bits per heavy atom. The predicted molar refractivity (Wildman–Crippen MR) is 120 cm³/mol. The zero-order valence-electron chi connectivity index (χ0n) is 17.0. The van der Waals surface area contributed by atoms with Crippen molar-refractivity contribution in [2.24, 2.45) is 0 Å². The van der Waals surface area contributed by atoms with Crippen molar-refractivity contribution in [2.75, 3.05) is 4.90 Å². The van der Waals surface area contributed by atoms with Gasteiger partial charge in [-0.05, 0) is 55.3 Å². The quantitative estimate of drug-likeness (QED) is 0.653. The number of rotatable bonds is 4. The van der Waals surface area contributed by atoms with Crippen LogP contribution in [0.3, 0.4) is 0 Å². The summed E-state index contributed by atoms with van der Waals surface area (Å²) in [4.78, 5) is 28.5. The molecule has 0 radical (unpaired) electrons. The molecule has 1 heterocycles. The number of carbonyl (C=O) groups excluding carboxylic acids is 2. The highest BCUT2D eigenvalue weighted by Crippen LogP contribution is 2.35. The molecule has 4 rings (SSSR count). The van der Waals surface area contributed by atoms with Crippen LogP contribution in [-0.4, -0.2) is 17.4 Å². The van der Waals surface area contributed by atoms with Crippen molar-refractivity contribution in [3.8, 4) is 0 Å². The number of amides is 2. The van der Waals surface area contributed by atoms with Crippen LogP contribution in [0.4, 0.5) is 5.69 Å². The Hall–Kier alpha value is -3.11. The summed E-state index contributed by atoms with van der Waals surface area (Å²) >= 11 is 5.95. The van der Waals surface area contributed by atoms with Crippen molar-refractivity contribution < 1.29 is 9.59 Å². The van der Waals surface area contributed by atoms with E-state index >= 15 is 0 Å². The molecule has 0 fully saturated rings. The van der Waals surface area contributed by atoms with E-state index in [-0.39, 0.29) is 11.8 Å². The van der Waals surface area contributed by atoms with Crippen LogP contribution in [0.2, 0.25) is 5.02 Å². The monoisotopic (exact) mass is 418 g/mol. The van der Waals surface area contributed by atoms with Crippen molar-refractivity contribution in [2.45, 2.75) is 32.4 Å². The Kier molecular flexibility index (Phi) is 5.35. The topological polar surface area (TPSA) is 49.4 Å². The van der Waals surface area contributed by atoms with Gasteiger partial charge >= 0.3 is 0 Å². The van der Waals surface area contributed by atoms with Crippen molar-refractivity contribution in [1.29, 1.82) is 0 Å². The summed E-state index contributed by atoms with van der Waals surface area (Å²) in [6, 6.07) is 22.5. The first-order valence-electron chi connectivity index (χ1n) is 9.90. The lowest BCUT2D eigenvalue weighted by Crippen LogP contribution is -2.63. The second-order valence-corrected chi connectivity index (χ2v) is 8.33. The number of benzene rings is 3. The second-order valence-electron chi connectivity index (χ2n) is 7.89. The molecule has 0 aliphatic carbocycles. The Balaban J connectivity index is 1.69. The van der Waals surface area contributed by atoms with Gasteiger partial charge in [0.25, 0.3) is 5.91 Å². The number of halogens is 1. The molecule has 0 bridgehead atoms. The molecule has 5 heteroatoms. The Labute approximate surface area is 181 Å². The van der Waals surface area contributed by atoms with E-state index in [0.717, 1.165) is 16.7 Å². The lowest BCUT2D eigenvalue weighted by atomic mass is 9.82. The van der Waals surface area contributed by atoms with Gasteiger partial charge in [0.1, 0.15) is 5.54 Å². The van der Waals surface area contributed by atoms with E-state index in [1.807, 2.05) is 74.5 Å². The average Bonchev–Trinajstić information content (AvgIpc) is 2.74. The summed E-state index contributed by atoms with van der Waals surface area (Å²) in [7, 11) is 0. The van der Waals surface area contributed by atoms with E-state index in [1.54, 1.807) is 17.0 Å². The minimum Gasteiger partial charge on any atom is -0.350 e. The summed E-state index contributed by atoms with van der Waals surface area (Å²) < 4.78 is 0. The lowest BCUT2D eigenvalue weighted by molar-refractivity contribution is -0.126. The molecule has 0 saturated heterocycles. The molecular formula is C25H23ClN2O2. The second kappa shape index (κ2) is 7.96. The number of fused-ring (bicyclic) bond motifs is 1. The lowest BCUT2D eigenvalue weighted by Gasteiger charge is -2.44. The molecule has 1 N–H and O–H groups in total. The SMILES string of the molecule is Cc1ccc(N2C(=O)c3ccccc3CC2(C)C(=O)NCc2ccc(Cl)cc2)cc1. The Bertz CT molecular complexity index is 1090. The number of hydrogen-bond acceptors (Lipinski definition) is 2. The van der Waals surface area contributed by atoms with Gasteiger partial charge in [0, 0.05) is 29.2 Å². The number of anilines is 1. The molecule has 3 aromatic carbocycles. The van der Waals surface area contributed by atoms with E-state index in [2.05, 4.69) is 5.32 Å². The minimum absolute atomic E-state index is 0.162. The molecule has 152 valence electrons. The average molecular weight is 419 g/mol.